The molecule has 164 valence electrons. The third kappa shape index (κ3) is 6.41. The monoisotopic (exact) mass is 420 g/mol. The Kier molecular flexibility index (Phi) is 7.86. The van der Waals surface area contributed by atoms with Gasteiger partial charge in [-0.05, 0) is 79.5 Å². The summed E-state index contributed by atoms with van der Waals surface area (Å²) >= 11 is 0. The number of ether oxygens (including phenoxy) is 2. The van der Waals surface area contributed by atoms with E-state index in [2.05, 4.69) is 45.0 Å². The van der Waals surface area contributed by atoms with Crippen LogP contribution >= 0.6 is 0 Å². The number of para-hydroxylation sites is 1. The second-order valence-electron chi connectivity index (χ2n) is 8.64. The summed E-state index contributed by atoms with van der Waals surface area (Å²) in [6.07, 6.45) is 3.06. The van der Waals surface area contributed by atoms with Crippen molar-refractivity contribution in [1.82, 2.24) is 0 Å². The minimum absolute atomic E-state index is 0.0663. The molecule has 0 bridgehead atoms. The molecule has 0 fully saturated rings. The Bertz CT molecular complexity index is 949. The van der Waals surface area contributed by atoms with Gasteiger partial charge in [0.25, 0.3) is 0 Å². The molecule has 31 heavy (non-hydrogen) atoms. The zero-order valence-corrected chi connectivity index (χ0v) is 19.0. The molecule has 0 N–H and O–H groups in total. The fraction of sp³-hybridized carbons (Fsp3) is 0.357. The minimum atomic E-state index is -0.339. The highest BCUT2D eigenvalue weighted by atomic mass is 19.1. The highest BCUT2D eigenvalue weighted by Gasteiger charge is 2.20. The molecular formula is C28H33FO2. The topological polar surface area (TPSA) is 18.5 Å². The molecule has 1 unspecified atom stereocenters. The van der Waals surface area contributed by atoms with E-state index in [1.807, 2.05) is 49.4 Å². The molecular weight excluding hydrogens is 387 g/mol. The molecule has 3 heteroatoms. The molecule has 0 saturated heterocycles. The van der Waals surface area contributed by atoms with Gasteiger partial charge in [0.05, 0.1) is 6.10 Å². The second kappa shape index (κ2) is 10.6. The van der Waals surface area contributed by atoms with Crippen LogP contribution in [0.15, 0.2) is 72.8 Å². The number of rotatable bonds is 10. The average molecular weight is 421 g/mol. The van der Waals surface area contributed by atoms with E-state index in [-0.39, 0.29) is 23.1 Å². The van der Waals surface area contributed by atoms with Crippen LogP contribution in [0.25, 0.3) is 0 Å². The highest BCUT2D eigenvalue weighted by molar-refractivity contribution is 5.35. The third-order valence-electron chi connectivity index (χ3n) is 5.81. The van der Waals surface area contributed by atoms with Crippen molar-refractivity contribution in [3.8, 4) is 11.5 Å². The Morgan fingerprint density at radius 3 is 2.32 bits per heavy atom. The summed E-state index contributed by atoms with van der Waals surface area (Å²) in [7, 11) is 0. The zero-order chi connectivity index (χ0) is 22.3. The Hall–Kier alpha value is -2.65. The lowest BCUT2D eigenvalue weighted by Gasteiger charge is -2.26. The van der Waals surface area contributed by atoms with Crippen molar-refractivity contribution in [2.75, 3.05) is 6.61 Å². The van der Waals surface area contributed by atoms with Gasteiger partial charge in [-0.1, -0.05) is 62.4 Å². The van der Waals surface area contributed by atoms with Crippen LogP contribution in [-0.2, 0) is 16.6 Å². The van der Waals surface area contributed by atoms with Gasteiger partial charge in [-0.25, -0.2) is 4.39 Å². The van der Waals surface area contributed by atoms with E-state index in [0.29, 0.717) is 5.75 Å². The van der Waals surface area contributed by atoms with E-state index < -0.39 is 0 Å². The molecule has 0 radical (unpaired) electrons. The largest absolute Gasteiger partial charge is 0.454 e. The maximum atomic E-state index is 14.2. The molecule has 0 aliphatic heterocycles. The van der Waals surface area contributed by atoms with E-state index >= 15 is 0 Å². The molecule has 0 heterocycles. The predicted octanol–water partition coefficient (Wildman–Crippen LogP) is 8.02. The predicted molar refractivity (Wildman–Crippen MR) is 125 cm³/mol. The van der Waals surface area contributed by atoms with Crippen LogP contribution in [0.1, 0.15) is 63.3 Å². The Balaban J connectivity index is 1.59. The van der Waals surface area contributed by atoms with Crippen LogP contribution < -0.4 is 4.74 Å². The van der Waals surface area contributed by atoms with Gasteiger partial charge < -0.3 is 9.47 Å². The van der Waals surface area contributed by atoms with Gasteiger partial charge in [0.1, 0.15) is 5.75 Å². The summed E-state index contributed by atoms with van der Waals surface area (Å²) in [5.41, 5.74) is 3.69. The number of hydrogen-bond acceptors (Lipinski definition) is 2. The van der Waals surface area contributed by atoms with Gasteiger partial charge in [-0.3, -0.25) is 0 Å². The summed E-state index contributed by atoms with van der Waals surface area (Å²) in [6.45, 7) is 9.38. The quantitative estimate of drug-likeness (QED) is 0.331. The highest BCUT2D eigenvalue weighted by Crippen LogP contribution is 2.31. The molecule has 0 aromatic heterocycles. The maximum Gasteiger partial charge on any atom is 0.165 e. The van der Waals surface area contributed by atoms with Crippen molar-refractivity contribution in [3.05, 3.63) is 95.3 Å². The Morgan fingerprint density at radius 1 is 0.935 bits per heavy atom. The lowest BCUT2D eigenvalue weighted by molar-refractivity contribution is 0.0764. The normalized spacial score (nSPS) is 12.5. The van der Waals surface area contributed by atoms with Crippen molar-refractivity contribution in [2.45, 2.75) is 58.5 Å². The van der Waals surface area contributed by atoms with E-state index in [9.17, 15) is 4.39 Å². The number of halogens is 1. The van der Waals surface area contributed by atoms with Crippen molar-refractivity contribution in [3.63, 3.8) is 0 Å². The van der Waals surface area contributed by atoms with E-state index in [0.717, 1.165) is 31.4 Å². The third-order valence-corrected chi connectivity index (χ3v) is 5.81. The van der Waals surface area contributed by atoms with Crippen molar-refractivity contribution < 1.29 is 13.9 Å². The standard InChI is InChI=1S/C28H33FO2/c1-5-30-21(2)23-14-16-24(17-15-23)28(3,4)19-9-10-22-13-18-26(29)27(20-22)31-25-11-7-6-8-12-25/h6-8,11-18,20-21H,5,9-10,19H2,1-4H3. The average Bonchev–Trinajstić information content (AvgIpc) is 2.77. The SMILES string of the molecule is CCOC(C)c1ccc(C(C)(C)CCCc2ccc(F)c(Oc3ccccc3)c2)cc1. The summed E-state index contributed by atoms with van der Waals surface area (Å²) in [6, 6.07) is 23.3. The molecule has 0 saturated carbocycles. The van der Waals surface area contributed by atoms with E-state index in [4.69, 9.17) is 9.47 Å². The van der Waals surface area contributed by atoms with Crippen LogP contribution in [0, 0.1) is 5.82 Å². The fourth-order valence-electron chi connectivity index (χ4n) is 3.83. The van der Waals surface area contributed by atoms with Crippen LogP contribution in [0.3, 0.4) is 0 Å². The van der Waals surface area contributed by atoms with Gasteiger partial charge in [0.2, 0.25) is 0 Å². The first kappa shape index (κ1) is 23.0. The van der Waals surface area contributed by atoms with Gasteiger partial charge in [0, 0.05) is 6.61 Å². The molecule has 2 nitrogen and oxygen atoms in total. The summed E-state index contributed by atoms with van der Waals surface area (Å²) in [5, 5.41) is 0. The van der Waals surface area contributed by atoms with Gasteiger partial charge in [-0.2, -0.15) is 0 Å². The first-order valence-corrected chi connectivity index (χ1v) is 11.1. The first-order valence-electron chi connectivity index (χ1n) is 11.1. The van der Waals surface area contributed by atoms with Crippen LogP contribution in [0.5, 0.6) is 11.5 Å². The smallest absolute Gasteiger partial charge is 0.165 e. The minimum Gasteiger partial charge on any atom is -0.454 e. The Labute approximate surface area is 186 Å². The van der Waals surface area contributed by atoms with Crippen LogP contribution in [0.2, 0.25) is 0 Å². The van der Waals surface area contributed by atoms with Gasteiger partial charge in [0.15, 0.2) is 11.6 Å². The number of aryl methyl sites for hydroxylation is 1. The zero-order valence-electron chi connectivity index (χ0n) is 19.0. The van der Waals surface area contributed by atoms with Crippen molar-refractivity contribution >= 4 is 0 Å². The van der Waals surface area contributed by atoms with Crippen molar-refractivity contribution in [1.29, 1.82) is 0 Å². The summed E-state index contributed by atoms with van der Waals surface area (Å²) < 4.78 is 25.6. The van der Waals surface area contributed by atoms with E-state index in [1.165, 1.54) is 17.2 Å². The lowest BCUT2D eigenvalue weighted by atomic mass is 9.79. The number of hydrogen-bond donors (Lipinski definition) is 0. The Morgan fingerprint density at radius 2 is 1.65 bits per heavy atom. The fourth-order valence-corrected chi connectivity index (χ4v) is 3.83. The summed E-state index contributed by atoms with van der Waals surface area (Å²) in [5.74, 6) is 0.582. The molecule has 0 aliphatic rings. The molecule has 3 aromatic rings. The van der Waals surface area contributed by atoms with Gasteiger partial charge >= 0.3 is 0 Å². The summed E-state index contributed by atoms with van der Waals surface area (Å²) in [4.78, 5) is 0. The lowest BCUT2D eigenvalue weighted by Crippen LogP contribution is -2.17. The maximum absolute atomic E-state index is 14.2. The molecule has 0 aliphatic carbocycles. The molecule has 3 aromatic carbocycles. The van der Waals surface area contributed by atoms with Crippen molar-refractivity contribution in [2.24, 2.45) is 0 Å². The van der Waals surface area contributed by atoms with Gasteiger partial charge in [-0.15, -0.1) is 0 Å². The number of benzene rings is 3. The van der Waals surface area contributed by atoms with Crippen LogP contribution in [0.4, 0.5) is 4.39 Å². The molecule has 0 spiro atoms. The molecule has 0 amide bonds. The molecule has 3 rings (SSSR count). The van der Waals surface area contributed by atoms with E-state index in [1.54, 1.807) is 0 Å². The first-order chi connectivity index (χ1) is 14.9. The van der Waals surface area contributed by atoms with Crippen LogP contribution in [-0.4, -0.2) is 6.61 Å². The second-order valence-corrected chi connectivity index (χ2v) is 8.64. The molecule has 1 atom stereocenters.